The van der Waals surface area contributed by atoms with E-state index in [1.165, 1.54) is 17.3 Å². The molecule has 0 amide bonds. The van der Waals surface area contributed by atoms with Crippen LogP contribution in [0.15, 0.2) is 24.5 Å². The normalized spacial score (nSPS) is 13.7. The van der Waals surface area contributed by atoms with Gasteiger partial charge in [-0.25, -0.2) is 15.0 Å². The maximum atomic E-state index is 7.77. The number of pyridine rings is 1. The van der Waals surface area contributed by atoms with Crippen molar-refractivity contribution in [2.45, 2.75) is 32.6 Å². The van der Waals surface area contributed by atoms with Crippen molar-refractivity contribution in [3.05, 3.63) is 47.0 Å². The minimum absolute atomic E-state index is 0.637. The summed E-state index contributed by atoms with van der Waals surface area (Å²) in [5.74, 6) is 0.757. The van der Waals surface area contributed by atoms with Gasteiger partial charge in [0.25, 0.3) is 0 Å². The van der Waals surface area contributed by atoms with Crippen LogP contribution in [0.4, 0.5) is 5.69 Å². The quantitative estimate of drug-likeness (QED) is 0.559. The van der Waals surface area contributed by atoms with Gasteiger partial charge < -0.3 is 11.1 Å². The second-order valence-electron chi connectivity index (χ2n) is 6.25. The van der Waals surface area contributed by atoms with Crippen molar-refractivity contribution < 1.29 is 0 Å². The zero-order valence-electron chi connectivity index (χ0n) is 13.6. The number of aryl methyl sites for hydroxylation is 2. The average Bonchev–Trinajstić information content (AvgIpc) is 2.62. The zero-order valence-corrected chi connectivity index (χ0v) is 13.6. The van der Waals surface area contributed by atoms with Gasteiger partial charge >= 0.3 is 0 Å². The summed E-state index contributed by atoms with van der Waals surface area (Å²) in [5.41, 5.74) is 12.9. The number of nitrogens with one attached hydrogen (secondary N) is 1. The lowest BCUT2D eigenvalue weighted by Crippen LogP contribution is -2.10. The Kier molecular flexibility index (Phi) is 3.49. The van der Waals surface area contributed by atoms with Crippen LogP contribution in [-0.2, 0) is 12.8 Å². The van der Waals surface area contributed by atoms with Gasteiger partial charge in [-0.15, -0.1) is 0 Å². The monoisotopic (exact) mass is 317 g/mol. The molecule has 120 valence electrons. The average molecular weight is 317 g/mol. The number of fused-ring (bicyclic) bond motifs is 3. The van der Waals surface area contributed by atoms with Crippen molar-refractivity contribution in [1.82, 2.24) is 15.0 Å². The van der Waals surface area contributed by atoms with Crippen LogP contribution in [0.1, 0.15) is 35.4 Å². The Hall–Kier alpha value is -2.82. The first-order valence-corrected chi connectivity index (χ1v) is 8.22. The summed E-state index contributed by atoms with van der Waals surface area (Å²) < 4.78 is 0. The lowest BCUT2D eigenvalue weighted by atomic mass is 9.85. The van der Waals surface area contributed by atoms with E-state index in [1.807, 2.05) is 31.5 Å². The van der Waals surface area contributed by atoms with Crippen molar-refractivity contribution in [1.29, 1.82) is 5.41 Å². The van der Waals surface area contributed by atoms with Gasteiger partial charge in [-0.1, -0.05) is 0 Å². The Bertz CT molecular complexity index is 944. The molecule has 3 aromatic rings. The third-order valence-electron chi connectivity index (χ3n) is 4.74. The van der Waals surface area contributed by atoms with Gasteiger partial charge in [0, 0.05) is 40.8 Å². The van der Waals surface area contributed by atoms with Crippen LogP contribution in [0.3, 0.4) is 0 Å². The number of benzene rings is 1. The molecular formula is C19H19N5. The van der Waals surface area contributed by atoms with Crippen molar-refractivity contribution >= 4 is 22.8 Å². The highest BCUT2D eigenvalue weighted by Gasteiger charge is 2.21. The molecule has 24 heavy (non-hydrogen) atoms. The van der Waals surface area contributed by atoms with Gasteiger partial charge in [0.15, 0.2) is 0 Å². The maximum Gasteiger partial charge on any atom is 0.125 e. The number of hydrogen-bond donors (Lipinski definition) is 2. The predicted octanol–water partition coefficient (Wildman–Crippen LogP) is 3.46. The van der Waals surface area contributed by atoms with Gasteiger partial charge in [0.2, 0.25) is 0 Å². The first kappa shape index (κ1) is 14.8. The maximum absolute atomic E-state index is 7.77. The molecule has 1 aromatic carbocycles. The highest BCUT2D eigenvalue weighted by Crippen LogP contribution is 2.37. The predicted molar refractivity (Wildman–Crippen MR) is 96.4 cm³/mol. The zero-order chi connectivity index (χ0) is 16.7. The molecule has 0 unspecified atom stereocenters. The van der Waals surface area contributed by atoms with E-state index >= 15 is 0 Å². The fourth-order valence-electron chi connectivity index (χ4n) is 3.57. The molecule has 0 bridgehead atoms. The van der Waals surface area contributed by atoms with E-state index in [0.29, 0.717) is 5.69 Å². The van der Waals surface area contributed by atoms with Crippen LogP contribution in [0.2, 0.25) is 0 Å². The van der Waals surface area contributed by atoms with Gasteiger partial charge in [0.1, 0.15) is 5.82 Å². The molecule has 1 aliphatic rings. The Morgan fingerprint density at radius 1 is 1.08 bits per heavy atom. The Morgan fingerprint density at radius 3 is 2.50 bits per heavy atom. The van der Waals surface area contributed by atoms with Crippen LogP contribution in [0, 0.1) is 12.3 Å². The molecule has 0 aliphatic heterocycles. The fourth-order valence-corrected chi connectivity index (χ4v) is 3.57. The molecule has 0 spiro atoms. The number of hydrogen-bond acceptors (Lipinski definition) is 5. The van der Waals surface area contributed by atoms with Gasteiger partial charge in [-0.3, -0.25) is 0 Å². The highest BCUT2D eigenvalue weighted by atomic mass is 14.9. The van der Waals surface area contributed by atoms with Crippen molar-refractivity contribution in [3.8, 4) is 11.3 Å². The molecule has 1 aliphatic carbocycles. The van der Waals surface area contributed by atoms with Crippen LogP contribution in [0.25, 0.3) is 22.2 Å². The molecule has 4 rings (SSSR count). The summed E-state index contributed by atoms with van der Waals surface area (Å²) >= 11 is 0. The van der Waals surface area contributed by atoms with E-state index in [0.717, 1.165) is 59.2 Å². The molecule has 0 radical (unpaired) electrons. The van der Waals surface area contributed by atoms with Crippen LogP contribution in [-0.4, -0.2) is 21.2 Å². The lowest BCUT2D eigenvalue weighted by Gasteiger charge is -2.22. The van der Waals surface area contributed by atoms with Crippen molar-refractivity contribution in [2.24, 2.45) is 0 Å². The fraction of sp³-hybridized carbons (Fsp3) is 0.263. The van der Waals surface area contributed by atoms with Crippen LogP contribution in [0.5, 0.6) is 0 Å². The van der Waals surface area contributed by atoms with Crippen molar-refractivity contribution in [2.75, 3.05) is 5.73 Å². The third kappa shape index (κ3) is 2.24. The van der Waals surface area contributed by atoms with Crippen molar-refractivity contribution in [3.63, 3.8) is 0 Å². The lowest BCUT2D eigenvalue weighted by molar-refractivity contribution is 0.689. The number of nitrogens with zero attached hydrogens (tertiary/aromatic N) is 3. The molecule has 2 aromatic heterocycles. The van der Waals surface area contributed by atoms with E-state index in [9.17, 15) is 0 Å². The largest absolute Gasteiger partial charge is 0.398 e. The SMILES string of the molecule is Cc1ncc(-c2nc3ccc(N)c(C=N)c3c3c2CCCC3)cn1. The number of anilines is 1. The number of nitrogen functional groups attached to an aromatic ring is 1. The summed E-state index contributed by atoms with van der Waals surface area (Å²) in [6, 6.07) is 3.78. The summed E-state index contributed by atoms with van der Waals surface area (Å²) in [6.45, 7) is 1.88. The van der Waals surface area contributed by atoms with Gasteiger partial charge in [-0.05, 0) is 55.9 Å². The van der Waals surface area contributed by atoms with E-state index in [4.69, 9.17) is 16.1 Å². The second-order valence-corrected chi connectivity index (χ2v) is 6.25. The summed E-state index contributed by atoms with van der Waals surface area (Å²) in [4.78, 5) is 13.5. The number of aromatic nitrogens is 3. The van der Waals surface area contributed by atoms with E-state index in [2.05, 4.69) is 9.97 Å². The topological polar surface area (TPSA) is 88.5 Å². The molecule has 0 atom stereocenters. The molecular weight excluding hydrogens is 298 g/mol. The number of nitrogens with two attached hydrogens (primary N) is 1. The van der Waals surface area contributed by atoms with Gasteiger partial charge in [0.05, 0.1) is 11.2 Å². The first-order valence-electron chi connectivity index (χ1n) is 8.22. The van der Waals surface area contributed by atoms with E-state index < -0.39 is 0 Å². The van der Waals surface area contributed by atoms with E-state index in [-0.39, 0.29) is 0 Å². The summed E-state index contributed by atoms with van der Waals surface area (Å²) in [5, 5.41) is 8.81. The third-order valence-corrected chi connectivity index (χ3v) is 4.74. The number of rotatable bonds is 2. The summed E-state index contributed by atoms with van der Waals surface area (Å²) in [6.07, 6.45) is 9.35. The minimum Gasteiger partial charge on any atom is -0.398 e. The molecule has 0 saturated heterocycles. The first-order chi connectivity index (χ1) is 11.7. The summed E-state index contributed by atoms with van der Waals surface area (Å²) in [7, 11) is 0. The molecule has 0 saturated carbocycles. The molecule has 2 heterocycles. The smallest absolute Gasteiger partial charge is 0.125 e. The Labute approximate surface area is 140 Å². The minimum atomic E-state index is 0.637. The Balaban J connectivity index is 2.08. The Morgan fingerprint density at radius 2 is 1.79 bits per heavy atom. The van der Waals surface area contributed by atoms with Crippen LogP contribution < -0.4 is 5.73 Å². The molecule has 5 heteroatoms. The second kappa shape index (κ2) is 5.67. The molecule has 0 fully saturated rings. The highest BCUT2D eigenvalue weighted by molar-refractivity contribution is 6.05. The molecule has 3 N–H and O–H groups in total. The standard InChI is InChI=1S/C19H19N5/c1-11-22-9-12(10-23-11)19-14-5-3-2-4-13(14)18-15(8-20)16(21)6-7-17(18)24-19/h6-10,20H,2-5,21H2,1H3. The van der Waals surface area contributed by atoms with Crippen LogP contribution >= 0.6 is 0 Å². The van der Waals surface area contributed by atoms with E-state index in [1.54, 1.807) is 0 Å². The molecule has 5 nitrogen and oxygen atoms in total. The van der Waals surface area contributed by atoms with Gasteiger partial charge in [-0.2, -0.15) is 0 Å².